The van der Waals surface area contributed by atoms with Gasteiger partial charge in [0.05, 0.1) is 39.4 Å². The van der Waals surface area contributed by atoms with E-state index in [0.717, 1.165) is 17.7 Å². The van der Waals surface area contributed by atoms with Crippen LogP contribution in [0.25, 0.3) is 17.3 Å². The van der Waals surface area contributed by atoms with E-state index in [4.69, 9.17) is 4.74 Å². The smallest absolute Gasteiger partial charge is 0.744 e. The number of rotatable bonds is 15. The van der Waals surface area contributed by atoms with E-state index in [0.29, 0.717) is 33.9 Å². The maximum atomic E-state index is 14.0. The Kier molecular flexibility index (Phi) is 18.8. The number of carbonyl (C=O) groups is 2. The number of nitrogens with zero attached hydrogens (tertiary/aromatic N) is 4. The average molecular weight is 935 g/mol. The molecule has 0 atom stereocenters. The first-order chi connectivity index (χ1) is 29.6. The number of amides is 2. The Morgan fingerprint density at radius 2 is 1.49 bits per heavy atom. The molecule has 0 aliphatic carbocycles. The van der Waals surface area contributed by atoms with Crippen LogP contribution in [0, 0.1) is 0 Å². The van der Waals surface area contributed by atoms with E-state index in [2.05, 4.69) is 30.2 Å². The molecule has 6 aromatic rings. The monoisotopic (exact) mass is 934 g/mol. The van der Waals surface area contributed by atoms with Gasteiger partial charge < -0.3 is 30.3 Å². The Labute approximate surface area is 451 Å². The van der Waals surface area contributed by atoms with Gasteiger partial charge in [-0.05, 0) is 84.0 Å². The summed E-state index contributed by atoms with van der Waals surface area (Å²) in [5.41, 5.74) is 2.79. The minimum Gasteiger partial charge on any atom is -0.744 e. The Morgan fingerprint density at radius 3 is 2.17 bits per heavy atom. The van der Waals surface area contributed by atoms with Gasteiger partial charge in [-0.25, -0.2) is 8.42 Å². The number of allylic oxidation sites excluding steroid dienone is 4. The SMILES string of the molecule is O=C(NC1=NN(c2ccccc2)C(=O)C1=CC=C(C=Cc1c(NCOc2cccc(S(=O)(=O)[O-])c2)nn(-c2ccccc2)c1O)c1ccccc1)c1cccc(SOO[O-])c1.[K+].[K+]. The summed E-state index contributed by atoms with van der Waals surface area (Å²) in [7, 11) is -4.71. The van der Waals surface area contributed by atoms with Crippen molar-refractivity contribution >= 4 is 63.0 Å². The molecule has 1 aliphatic heterocycles. The van der Waals surface area contributed by atoms with Crippen molar-refractivity contribution in [3.05, 3.63) is 180 Å². The molecule has 20 heteroatoms. The van der Waals surface area contributed by atoms with Crippen LogP contribution >= 0.6 is 12.0 Å². The number of para-hydroxylation sites is 2. The van der Waals surface area contributed by atoms with Crippen molar-refractivity contribution in [3.63, 3.8) is 0 Å². The van der Waals surface area contributed by atoms with Gasteiger partial charge in [0, 0.05) is 10.5 Å². The maximum absolute atomic E-state index is 14.0. The zero-order chi connectivity index (χ0) is 42.8. The molecule has 5 aromatic carbocycles. The van der Waals surface area contributed by atoms with Gasteiger partial charge in [-0.3, -0.25) is 14.6 Å². The molecule has 0 unspecified atom stereocenters. The molecule has 1 aromatic heterocycles. The number of hydrogen-bond donors (Lipinski definition) is 3. The number of carbonyl (C=O) groups excluding carboxylic acids is 2. The van der Waals surface area contributed by atoms with Gasteiger partial charge in [0.15, 0.2) is 18.4 Å². The average Bonchev–Trinajstić information content (AvgIpc) is 3.77. The summed E-state index contributed by atoms with van der Waals surface area (Å²) >= 11 is 0.619. The molecule has 16 nitrogen and oxygen atoms in total. The minimum absolute atomic E-state index is 0. The van der Waals surface area contributed by atoms with E-state index in [9.17, 15) is 32.9 Å². The number of aromatic hydroxyl groups is 1. The van der Waals surface area contributed by atoms with Crippen molar-refractivity contribution in [1.29, 1.82) is 0 Å². The maximum Gasteiger partial charge on any atom is 1.00 e. The normalized spacial score (nSPS) is 13.3. The Balaban J connectivity index is 0.00000374. The summed E-state index contributed by atoms with van der Waals surface area (Å²) in [6.45, 7) is -0.235. The fourth-order valence-electron chi connectivity index (χ4n) is 5.91. The first kappa shape index (κ1) is 50.0. The number of benzene rings is 5. The molecule has 0 fully saturated rings. The number of hydrazone groups is 1. The largest absolute Gasteiger partial charge is 1.00 e. The van der Waals surface area contributed by atoms with Crippen LogP contribution < -0.4 is 128 Å². The van der Waals surface area contributed by atoms with Gasteiger partial charge in [-0.2, -0.15) is 14.0 Å². The van der Waals surface area contributed by atoms with Crippen molar-refractivity contribution in [2.75, 3.05) is 17.1 Å². The third-order valence-electron chi connectivity index (χ3n) is 8.80. The Bertz CT molecular complexity index is 2790. The molecule has 0 bridgehead atoms. The fraction of sp³-hybridized carbons (Fsp3) is 0.0233. The van der Waals surface area contributed by atoms with Crippen molar-refractivity contribution in [3.8, 4) is 17.3 Å². The van der Waals surface area contributed by atoms with Crippen molar-refractivity contribution in [2.24, 2.45) is 5.10 Å². The molecule has 0 saturated heterocycles. The van der Waals surface area contributed by atoms with E-state index in [-0.39, 0.29) is 149 Å². The summed E-state index contributed by atoms with van der Waals surface area (Å²) in [4.78, 5) is 27.5. The summed E-state index contributed by atoms with van der Waals surface area (Å²) in [5.74, 6) is -1.09. The van der Waals surface area contributed by atoms with E-state index in [1.54, 1.807) is 85.0 Å². The van der Waals surface area contributed by atoms with E-state index in [1.165, 1.54) is 40.0 Å². The molecule has 308 valence electrons. The fourth-order valence-corrected chi connectivity index (χ4v) is 6.83. The van der Waals surface area contributed by atoms with Crippen molar-refractivity contribution in [1.82, 2.24) is 15.1 Å². The third kappa shape index (κ3) is 13.0. The molecule has 2 heterocycles. The molecule has 0 radical (unpaired) electrons. The van der Waals surface area contributed by atoms with Crippen LogP contribution in [0.15, 0.2) is 178 Å². The Morgan fingerprint density at radius 1 is 0.841 bits per heavy atom. The van der Waals surface area contributed by atoms with Crippen LogP contribution in [0.1, 0.15) is 21.5 Å². The number of ether oxygens (including phenoxy) is 1. The summed E-state index contributed by atoms with van der Waals surface area (Å²) in [5, 5.41) is 41.3. The standard InChI is InChI=1S/C43H34N6O10S2.2K/c50-41(31-14-10-20-35(26-31)60-59-58-53)45-40-38(43(52)49(47-40)33-17-8-3-9-18-33)25-23-30(29-12-4-1-5-13-29)22-24-37-39(46-48(42(37)51)32-15-6-2-7-16-32)44-28-57-34-19-11-21-36(27-34)61(54,55)56;;/h1-27,51,53H,28H2,(H,44,46)(H,45,47,50)(H,54,55,56);;/q;2*+1/p-2. The van der Waals surface area contributed by atoms with Gasteiger partial charge >= 0.3 is 103 Å². The van der Waals surface area contributed by atoms with Crippen LogP contribution in [-0.2, 0) is 24.3 Å². The molecule has 63 heavy (non-hydrogen) atoms. The molecular weight excluding hydrogens is 903 g/mol. The summed E-state index contributed by atoms with van der Waals surface area (Å²) in [6, 6.07) is 38.1. The Hall–Kier alpha value is -4.05. The molecule has 0 spiro atoms. The quantitative estimate of drug-likeness (QED) is 0.0181. The summed E-state index contributed by atoms with van der Waals surface area (Å²) < 4.78 is 46.0. The van der Waals surface area contributed by atoms with Crippen LogP contribution in [0.2, 0.25) is 0 Å². The first-order valence-corrected chi connectivity index (χ1v) is 20.2. The number of aromatic nitrogens is 2. The van der Waals surface area contributed by atoms with Gasteiger partial charge in [-0.15, -0.1) is 10.2 Å². The number of amidine groups is 1. The predicted molar refractivity (Wildman–Crippen MR) is 224 cm³/mol. The molecule has 1 aliphatic rings. The van der Waals surface area contributed by atoms with Crippen molar-refractivity contribution in [2.45, 2.75) is 9.79 Å². The zero-order valence-corrected chi connectivity index (χ0v) is 41.4. The van der Waals surface area contributed by atoms with Crippen LogP contribution in [0.3, 0.4) is 0 Å². The number of nitrogens with one attached hydrogen (secondary N) is 2. The summed E-state index contributed by atoms with van der Waals surface area (Å²) in [6.07, 6.45) is 6.51. The number of hydrogen-bond acceptors (Lipinski definition) is 14. The zero-order valence-electron chi connectivity index (χ0n) is 33.5. The second kappa shape index (κ2) is 23.8. The van der Waals surface area contributed by atoms with Crippen LogP contribution in [0.4, 0.5) is 11.5 Å². The number of anilines is 2. The van der Waals surface area contributed by atoms with E-state index < -0.39 is 26.8 Å². The molecule has 3 N–H and O–H groups in total. The molecular formula is C43H32K2N6O10S2. The van der Waals surface area contributed by atoms with E-state index in [1.807, 2.05) is 36.4 Å². The van der Waals surface area contributed by atoms with Crippen LogP contribution in [0.5, 0.6) is 11.6 Å². The predicted octanol–water partition coefficient (Wildman–Crippen LogP) is -0.0175. The minimum atomic E-state index is -4.71. The third-order valence-corrected chi connectivity index (χ3v) is 10.2. The second-order valence-electron chi connectivity index (χ2n) is 12.7. The molecule has 2 amide bonds. The second-order valence-corrected chi connectivity index (χ2v) is 14.9. The van der Waals surface area contributed by atoms with Crippen molar-refractivity contribution < 1.29 is 150 Å². The van der Waals surface area contributed by atoms with Crippen LogP contribution in [-0.4, -0.2) is 52.2 Å². The molecule has 0 saturated carbocycles. The van der Waals surface area contributed by atoms with Gasteiger partial charge in [0.25, 0.3) is 11.8 Å². The topological polar surface area (TPSA) is 220 Å². The molecule has 7 rings (SSSR count). The van der Waals surface area contributed by atoms with E-state index >= 15 is 0 Å². The van der Waals surface area contributed by atoms with Gasteiger partial charge in [0.1, 0.15) is 15.9 Å². The van der Waals surface area contributed by atoms with Gasteiger partial charge in [-0.1, -0.05) is 91.0 Å². The first-order valence-electron chi connectivity index (χ1n) is 18.1. The van der Waals surface area contributed by atoms with Gasteiger partial charge in [0.2, 0.25) is 5.88 Å².